The number of hydrogen-bond acceptors (Lipinski definition) is 5. The molecule has 0 spiro atoms. The summed E-state index contributed by atoms with van der Waals surface area (Å²) in [5, 5.41) is 5.01. The van der Waals surface area contributed by atoms with Crippen LogP contribution >= 0.6 is 11.8 Å². The van der Waals surface area contributed by atoms with E-state index in [-0.39, 0.29) is 17.2 Å². The molecule has 164 valence electrons. The second kappa shape index (κ2) is 10.6. The smallest absolute Gasteiger partial charge is 0.266 e. The third-order valence-electron chi connectivity index (χ3n) is 4.74. The number of para-hydroxylation sites is 2. The molecule has 0 aliphatic rings. The largest absolute Gasteiger partial charge is 0.272 e. The van der Waals surface area contributed by atoms with E-state index in [1.807, 2.05) is 85.8 Å². The van der Waals surface area contributed by atoms with Crippen molar-refractivity contribution in [2.45, 2.75) is 12.1 Å². The Kier molecular flexibility index (Phi) is 7.12. The van der Waals surface area contributed by atoms with Gasteiger partial charge in [0, 0.05) is 0 Å². The summed E-state index contributed by atoms with van der Waals surface area (Å²) < 4.78 is 1.54. The predicted molar refractivity (Wildman–Crippen MR) is 135 cm³/mol. The van der Waals surface area contributed by atoms with Crippen LogP contribution in [0.15, 0.2) is 106 Å². The second-order valence-corrected chi connectivity index (χ2v) is 8.21. The first-order valence-electron chi connectivity index (χ1n) is 10.4. The van der Waals surface area contributed by atoms with E-state index >= 15 is 0 Å². The number of nitrogens with zero attached hydrogens (tertiary/aromatic N) is 3. The van der Waals surface area contributed by atoms with Crippen LogP contribution < -0.4 is 11.0 Å². The first kappa shape index (κ1) is 22.2. The number of carbonyl (C=O) groups is 1. The summed E-state index contributed by atoms with van der Waals surface area (Å²) >= 11 is 1.19. The van der Waals surface area contributed by atoms with Gasteiger partial charge in [-0.25, -0.2) is 10.4 Å². The van der Waals surface area contributed by atoms with E-state index in [2.05, 4.69) is 15.5 Å². The lowest BCUT2D eigenvalue weighted by atomic mass is 10.1. The normalized spacial score (nSPS) is 11.7. The molecule has 1 aromatic heterocycles. The van der Waals surface area contributed by atoms with E-state index in [0.717, 1.165) is 11.1 Å². The number of benzene rings is 3. The molecular formula is C26H22N4O2S. The van der Waals surface area contributed by atoms with E-state index in [9.17, 15) is 9.59 Å². The fourth-order valence-electron chi connectivity index (χ4n) is 3.23. The predicted octanol–water partition coefficient (Wildman–Crippen LogP) is 4.68. The lowest BCUT2D eigenvalue weighted by Gasteiger charge is -2.12. The fourth-order valence-corrected chi connectivity index (χ4v) is 4.04. The molecule has 3 aromatic carbocycles. The Morgan fingerprint density at radius 1 is 1.00 bits per heavy atom. The molecule has 0 saturated carbocycles. The minimum atomic E-state index is -0.286. The summed E-state index contributed by atoms with van der Waals surface area (Å²) in [6, 6.07) is 26.4. The van der Waals surface area contributed by atoms with Gasteiger partial charge in [-0.15, -0.1) is 0 Å². The quantitative estimate of drug-likeness (QED) is 0.190. The molecule has 4 aromatic rings. The fraction of sp³-hybridized carbons (Fsp3) is 0.0769. The number of rotatable bonds is 7. The number of hydrazone groups is 1. The second-order valence-electron chi connectivity index (χ2n) is 7.27. The summed E-state index contributed by atoms with van der Waals surface area (Å²) in [6.07, 6.45) is 3.58. The summed E-state index contributed by atoms with van der Waals surface area (Å²) in [6.45, 7) is 1.91. The summed E-state index contributed by atoms with van der Waals surface area (Å²) in [5.74, 6) is -0.220. The summed E-state index contributed by atoms with van der Waals surface area (Å²) in [7, 11) is 0. The van der Waals surface area contributed by atoms with E-state index in [0.29, 0.717) is 21.7 Å². The molecule has 0 unspecified atom stereocenters. The van der Waals surface area contributed by atoms with Crippen LogP contribution in [0.3, 0.4) is 0 Å². The number of allylic oxidation sites excluding steroid dienone is 1. The maximum absolute atomic E-state index is 13.2. The van der Waals surface area contributed by atoms with Crippen molar-refractivity contribution in [3.63, 3.8) is 0 Å². The molecule has 0 aliphatic heterocycles. The van der Waals surface area contributed by atoms with Crippen LogP contribution in [0.5, 0.6) is 0 Å². The molecule has 0 radical (unpaired) electrons. The van der Waals surface area contributed by atoms with Crippen LogP contribution in [0, 0.1) is 0 Å². The first-order valence-corrected chi connectivity index (χ1v) is 11.4. The van der Waals surface area contributed by atoms with Gasteiger partial charge >= 0.3 is 0 Å². The third-order valence-corrected chi connectivity index (χ3v) is 5.68. The number of thioether (sulfide) groups is 1. The van der Waals surface area contributed by atoms with Crippen LogP contribution in [0.25, 0.3) is 22.7 Å². The highest BCUT2D eigenvalue weighted by molar-refractivity contribution is 7.99. The Hall–Kier alpha value is -3.97. The Morgan fingerprint density at radius 2 is 1.67 bits per heavy atom. The number of carbonyl (C=O) groups excluding carboxylic acids is 1. The summed E-state index contributed by atoms with van der Waals surface area (Å²) in [4.78, 5) is 30.2. The molecule has 33 heavy (non-hydrogen) atoms. The monoisotopic (exact) mass is 454 g/mol. The zero-order chi connectivity index (χ0) is 23.0. The molecule has 1 heterocycles. The van der Waals surface area contributed by atoms with Crippen molar-refractivity contribution in [1.29, 1.82) is 0 Å². The van der Waals surface area contributed by atoms with Crippen LogP contribution in [-0.4, -0.2) is 27.4 Å². The van der Waals surface area contributed by atoms with Crippen LogP contribution in [-0.2, 0) is 4.79 Å². The lowest BCUT2D eigenvalue weighted by molar-refractivity contribution is -0.118. The van der Waals surface area contributed by atoms with Crippen LogP contribution in [0.1, 0.15) is 12.5 Å². The van der Waals surface area contributed by atoms with Gasteiger partial charge in [-0.05, 0) is 42.3 Å². The maximum Gasteiger partial charge on any atom is 0.266 e. The van der Waals surface area contributed by atoms with Gasteiger partial charge in [0.25, 0.3) is 11.5 Å². The zero-order valence-electron chi connectivity index (χ0n) is 18.0. The van der Waals surface area contributed by atoms with Gasteiger partial charge in [0.15, 0.2) is 5.16 Å². The SMILES string of the molecule is CC(/C=N\NC(=O)CSc1nc2ccccc2c(=O)n1-c1ccccc1)=C\c1ccccc1. The van der Waals surface area contributed by atoms with E-state index < -0.39 is 0 Å². The van der Waals surface area contributed by atoms with Crippen molar-refractivity contribution in [3.8, 4) is 5.69 Å². The standard InChI is InChI=1S/C26H22N4O2S/c1-19(16-20-10-4-2-5-11-20)17-27-29-24(31)18-33-26-28-23-15-9-8-14-22(23)25(32)30(26)21-12-6-3-7-13-21/h2-17H,18H2,1H3,(H,29,31)/b19-16+,27-17-. The van der Waals surface area contributed by atoms with Gasteiger partial charge in [0.05, 0.1) is 28.6 Å². The van der Waals surface area contributed by atoms with Crippen molar-refractivity contribution in [2.75, 3.05) is 5.75 Å². The van der Waals surface area contributed by atoms with Gasteiger partial charge in [-0.3, -0.25) is 14.2 Å². The van der Waals surface area contributed by atoms with Gasteiger partial charge < -0.3 is 0 Å². The topological polar surface area (TPSA) is 76.3 Å². The van der Waals surface area contributed by atoms with Crippen molar-refractivity contribution >= 4 is 40.9 Å². The maximum atomic E-state index is 13.2. The molecule has 1 amide bonds. The van der Waals surface area contributed by atoms with Crippen LogP contribution in [0.2, 0.25) is 0 Å². The minimum absolute atomic E-state index is 0.0659. The number of amides is 1. The van der Waals surface area contributed by atoms with Crippen molar-refractivity contribution in [3.05, 3.63) is 106 Å². The van der Waals surface area contributed by atoms with Crippen molar-refractivity contribution in [1.82, 2.24) is 15.0 Å². The molecule has 6 nitrogen and oxygen atoms in total. The molecule has 0 bridgehead atoms. The highest BCUT2D eigenvalue weighted by Gasteiger charge is 2.14. The number of fused-ring (bicyclic) bond motifs is 1. The zero-order valence-corrected chi connectivity index (χ0v) is 18.8. The minimum Gasteiger partial charge on any atom is -0.272 e. The Balaban J connectivity index is 1.49. The molecule has 4 rings (SSSR count). The Labute approximate surface area is 195 Å². The molecule has 7 heteroatoms. The van der Waals surface area contributed by atoms with Gasteiger partial charge in [0.1, 0.15) is 0 Å². The number of hydrogen-bond donors (Lipinski definition) is 1. The molecule has 0 aliphatic carbocycles. The van der Waals surface area contributed by atoms with E-state index in [1.54, 1.807) is 18.3 Å². The lowest BCUT2D eigenvalue weighted by Crippen LogP contribution is -2.24. The summed E-state index contributed by atoms with van der Waals surface area (Å²) in [5.41, 5.74) is 5.62. The molecule has 0 atom stereocenters. The highest BCUT2D eigenvalue weighted by Crippen LogP contribution is 2.21. The van der Waals surface area contributed by atoms with Gasteiger partial charge in [0.2, 0.25) is 0 Å². The average molecular weight is 455 g/mol. The third kappa shape index (κ3) is 5.64. The number of nitrogens with one attached hydrogen (secondary N) is 1. The van der Waals surface area contributed by atoms with Crippen LogP contribution in [0.4, 0.5) is 0 Å². The molecule has 1 N–H and O–H groups in total. The number of aromatic nitrogens is 2. The Bertz CT molecular complexity index is 1380. The average Bonchev–Trinajstić information content (AvgIpc) is 2.84. The Morgan fingerprint density at radius 3 is 2.42 bits per heavy atom. The first-order chi connectivity index (χ1) is 16.1. The van der Waals surface area contributed by atoms with Crippen molar-refractivity contribution in [2.24, 2.45) is 5.10 Å². The molecule has 0 saturated heterocycles. The highest BCUT2D eigenvalue weighted by atomic mass is 32.2. The van der Waals surface area contributed by atoms with E-state index in [1.165, 1.54) is 16.3 Å². The molecular weight excluding hydrogens is 432 g/mol. The molecule has 0 fully saturated rings. The van der Waals surface area contributed by atoms with Crippen molar-refractivity contribution < 1.29 is 4.79 Å². The van der Waals surface area contributed by atoms with E-state index in [4.69, 9.17) is 0 Å². The van der Waals surface area contributed by atoms with Gasteiger partial charge in [-0.2, -0.15) is 5.10 Å². The van der Waals surface area contributed by atoms with Gasteiger partial charge in [-0.1, -0.05) is 78.5 Å².